The Bertz CT molecular complexity index is 387. The minimum absolute atomic E-state index is 0. The Morgan fingerprint density at radius 3 is 2.75 bits per heavy atom. The number of aliphatic imine (C=N–C) groups is 1. The van der Waals surface area contributed by atoms with E-state index in [1.54, 1.807) is 0 Å². The van der Waals surface area contributed by atoms with Crippen molar-refractivity contribution in [1.82, 2.24) is 10.2 Å². The van der Waals surface area contributed by atoms with Crippen molar-refractivity contribution in [1.29, 1.82) is 0 Å². The number of morpholine rings is 1. The van der Waals surface area contributed by atoms with Crippen LogP contribution in [0.2, 0.25) is 0 Å². The van der Waals surface area contributed by atoms with Gasteiger partial charge in [-0.1, -0.05) is 0 Å². The van der Waals surface area contributed by atoms with Gasteiger partial charge in [-0.25, -0.2) is 0 Å². The van der Waals surface area contributed by atoms with E-state index in [9.17, 15) is 0 Å². The SMILES string of the molecule is CN=C(NCCCOCC1CC1)N1CCOC(C2CCCO2)C1.I. The van der Waals surface area contributed by atoms with Crippen LogP contribution in [0.4, 0.5) is 0 Å². The standard InChI is InChI=1S/C17H31N3O3.HI/c1-18-17(19-7-3-9-21-13-14-5-6-14)20-8-11-23-16(12-20)15-4-2-10-22-15;/h14-16H,2-13H2,1H3,(H,18,19);1H. The Labute approximate surface area is 162 Å². The third kappa shape index (κ3) is 6.31. The van der Waals surface area contributed by atoms with Crippen LogP contribution in [-0.4, -0.2) is 76.2 Å². The average molecular weight is 453 g/mol. The van der Waals surface area contributed by atoms with E-state index in [1.165, 1.54) is 12.8 Å². The molecule has 2 aliphatic heterocycles. The van der Waals surface area contributed by atoms with E-state index < -0.39 is 0 Å². The zero-order valence-electron chi connectivity index (χ0n) is 14.7. The number of halogens is 1. The maximum Gasteiger partial charge on any atom is 0.193 e. The van der Waals surface area contributed by atoms with Gasteiger partial charge in [0.05, 0.1) is 12.7 Å². The van der Waals surface area contributed by atoms with E-state index >= 15 is 0 Å². The van der Waals surface area contributed by atoms with Gasteiger partial charge < -0.3 is 24.4 Å². The van der Waals surface area contributed by atoms with Crippen LogP contribution in [0.3, 0.4) is 0 Å². The quantitative estimate of drug-likeness (QED) is 0.276. The normalized spacial score (nSPS) is 27.9. The van der Waals surface area contributed by atoms with Gasteiger partial charge in [0.15, 0.2) is 5.96 Å². The van der Waals surface area contributed by atoms with Gasteiger partial charge in [0.25, 0.3) is 0 Å². The van der Waals surface area contributed by atoms with Gasteiger partial charge in [-0.2, -0.15) is 0 Å². The van der Waals surface area contributed by atoms with Crippen LogP contribution in [0.15, 0.2) is 4.99 Å². The Morgan fingerprint density at radius 1 is 1.21 bits per heavy atom. The molecule has 6 nitrogen and oxygen atoms in total. The summed E-state index contributed by atoms with van der Waals surface area (Å²) in [7, 11) is 1.85. The summed E-state index contributed by atoms with van der Waals surface area (Å²) in [4.78, 5) is 6.72. The summed E-state index contributed by atoms with van der Waals surface area (Å²) in [6.07, 6.45) is 6.42. The van der Waals surface area contributed by atoms with Gasteiger partial charge in [0.2, 0.25) is 0 Å². The van der Waals surface area contributed by atoms with Crippen LogP contribution in [0, 0.1) is 5.92 Å². The van der Waals surface area contributed by atoms with Crippen molar-refractivity contribution in [2.24, 2.45) is 10.9 Å². The highest BCUT2D eigenvalue weighted by Gasteiger charge is 2.32. The molecule has 3 aliphatic rings. The highest BCUT2D eigenvalue weighted by Crippen LogP contribution is 2.28. The summed E-state index contributed by atoms with van der Waals surface area (Å²) < 4.78 is 17.4. The third-order valence-electron chi connectivity index (χ3n) is 4.78. The van der Waals surface area contributed by atoms with Crippen molar-refractivity contribution in [3.8, 4) is 0 Å². The molecule has 0 amide bonds. The van der Waals surface area contributed by atoms with E-state index in [1.807, 2.05) is 7.05 Å². The molecule has 7 heteroatoms. The van der Waals surface area contributed by atoms with Crippen LogP contribution in [0.25, 0.3) is 0 Å². The molecule has 3 rings (SSSR count). The van der Waals surface area contributed by atoms with Crippen LogP contribution in [0.5, 0.6) is 0 Å². The lowest BCUT2D eigenvalue weighted by Gasteiger charge is -2.37. The van der Waals surface area contributed by atoms with Gasteiger partial charge in [-0.3, -0.25) is 4.99 Å². The van der Waals surface area contributed by atoms with Gasteiger partial charge in [0, 0.05) is 46.5 Å². The Morgan fingerprint density at radius 2 is 2.04 bits per heavy atom. The lowest BCUT2D eigenvalue weighted by molar-refractivity contribution is -0.0817. The first-order chi connectivity index (χ1) is 11.4. The first-order valence-corrected chi connectivity index (χ1v) is 9.13. The van der Waals surface area contributed by atoms with E-state index in [4.69, 9.17) is 14.2 Å². The van der Waals surface area contributed by atoms with Crippen LogP contribution in [-0.2, 0) is 14.2 Å². The zero-order valence-corrected chi connectivity index (χ0v) is 17.1. The van der Waals surface area contributed by atoms with Crippen LogP contribution in [0.1, 0.15) is 32.1 Å². The molecule has 0 aromatic carbocycles. The molecule has 2 heterocycles. The van der Waals surface area contributed by atoms with Gasteiger partial charge >= 0.3 is 0 Å². The molecule has 1 saturated carbocycles. The van der Waals surface area contributed by atoms with E-state index in [-0.39, 0.29) is 36.2 Å². The average Bonchev–Trinajstić information content (AvgIpc) is 3.24. The van der Waals surface area contributed by atoms with Crippen molar-refractivity contribution in [2.45, 2.75) is 44.3 Å². The van der Waals surface area contributed by atoms with Crippen LogP contribution < -0.4 is 5.32 Å². The Kier molecular flexibility index (Phi) is 9.07. The van der Waals surface area contributed by atoms with Crippen molar-refractivity contribution < 1.29 is 14.2 Å². The third-order valence-corrected chi connectivity index (χ3v) is 4.78. The molecule has 2 atom stereocenters. The molecule has 0 radical (unpaired) electrons. The molecule has 0 aromatic heterocycles. The molecule has 1 N–H and O–H groups in total. The zero-order chi connectivity index (χ0) is 15.9. The number of rotatable bonds is 7. The lowest BCUT2D eigenvalue weighted by Crippen LogP contribution is -2.53. The second-order valence-corrected chi connectivity index (χ2v) is 6.75. The number of nitrogens with zero attached hydrogens (tertiary/aromatic N) is 2. The molecule has 3 fully saturated rings. The number of guanidine groups is 1. The molecular formula is C17H32IN3O3. The smallest absolute Gasteiger partial charge is 0.193 e. The number of hydrogen-bond donors (Lipinski definition) is 1. The fraction of sp³-hybridized carbons (Fsp3) is 0.941. The van der Waals surface area contributed by atoms with Gasteiger partial charge in [-0.05, 0) is 38.0 Å². The maximum absolute atomic E-state index is 5.90. The summed E-state index contributed by atoms with van der Waals surface area (Å²) in [5.41, 5.74) is 0. The second kappa shape index (κ2) is 10.8. The molecule has 2 saturated heterocycles. The molecule has 1 aliphatic carbocycles. The first kappa shape index (κ1) is 20.2. The fourth-order valence-corrected chi connectivity index (χ4v) is 3.23. The summed E-state index contributed by atoms with van der Waals surface area (Å²) in [6.45, 7) is 6.06. The van der Waals surface area contributed by atoms with Gasteiger partial charge in [-0.15, -0.1) is 24.0 Å². The van der Waals surface area contributed by atoms with Crippen molar-refractivity contribution in [2.75, 3.05) is 53.1 Å². The highest BCUT2D eigenvalue weighted by atomic mass is 127. The van der Waals surface area contributed by atoms with Crippen LogP contribution >= 0.6 is 24.0 Å². The summed E-state index contributed by atoms with van der Waals surface area (Å²) in [5.74, 6) is 1.82. The van der Waals surface area contributed by atoms with Crippen molar-refractivity contribution >= 4 is 29.9 Å². The minimum Gasteiger partial charge on any atom is -0.381 e. The summed E-state index contributed by atoms with van der Waals surface area (Å²) in [6, 6.07) is 0. The largest absolute Gasteiger partial charge is 0.381 e. The second-order valence-electron chi connectivity index (χ2n) is 6.75. The molecular weight excluding hydrogens is 421 g/mol. The highest BCUT2D eigenvalue weighted by molar-refractivity contribution is 14.0. The topological polar surface area (TPSA) is 55.3 Å². The first-order valence-electron chi connectivity index (χ1n) is 9.13. The summed E-state index contributed by atoms with van der Waals surface area (Å²) in [5, 5.41) is 3.45. The molecule has 24 heavy (non-hydrogen) atoms. The maximum atomic E-state index is 5.90. The van der Waals surface area contributed by atoms with Crippen molar-refractivity contribution in [3.63, 3.8) is 0 Å². The molecule has 0 aromatic rings. The number of nitrogens with one attached hydrogen (secondary N) is 1. The fourth-order valence-electron chi connectivity index (χ4n) is 3.23. The monoisotopic (exact) mass is 453 g/mol. The Balaban J connectivity index is 0.00000208. The van der Waals surface area contributed by atoms with E-state index in [2.05, 4.69) is 15.2 Å². The molecule has 0 spiro atoms. The lowest BCUT2D eigenvalue weighted by atomic mass is 10.1. The summed E-state index contributed by atoms with van der Waals surface area (Å²) >= 11 is 0. The molecule has 0 bridgehead atoms. The Hall–Kier alpha value is -0.120. The number of ether oxygens (including phenoxy) is 3. The van der Waals surface area contributed by atoms with E-state index in [0.717, 1.165) is 77.2 Å². The van der Waals surface area contributed by atoms with Gasteiger partial charge in [0.1, 0.15) is 6.10 Å². The minimum atomic E-state index is 0. The van der Waals surface area contributed by atoms with E-state index in [0.29, 0.717) is 0 Å². The molecule has 2 unspecified atom stereocenters. The number of hydrogen-bond acceptors (Lipinski definition) is 4. The molecule has 140 valence electrons. The van der Waals surface area contributed by atoms with Crippen molar-refractivity contribution in [3.05, 3.63) is 0 Å². The predicted octanol–water partition coefficient (Wildman–Crippen LogP) is 1.88. The predicted molar refractivity (Wildman–Crippen MR) is 105 cm³/mol.